The van der Waals surface area contributed by atoms with Gasteiger partial charge in [0.1, 0.15) is 0 Å². The third-order valence-corrected chi connectivity index (χ3v) is 4.04. The van der Waals surface area contributed by atoms with Crippen molar-refractivity contribution in [3.05, 3.63) is 64.9 Å². The van der Waals surface area contributed by atoms with Crippen LogP contribution in [0.3, 0.4) is 0 Å². The van der Waals surface area contributed by atoms with Crippen LogP contribution in [0.25, 0.3) is 4.83 Å². The summed E-state index contributed by atoms with van der Waals surface area (Å²) in [6.07, 6.45) is 1.84. The Bertz CT molecular complexity index is 765. The van der Waals surface area contributed by atoms with Crippen LogP contribution in [0.15, 0.2) is 48.7 Å². The SMILES string of the molecule is Nc1sc2cccc[n+]2c1C(=O)c1ccc(Cl)cc1. The maximum absolute atomic E-state index is 12.5. The summed E-state index contributed by atoms with van der Waals surface area (Å²) < 4.78 is 1.82. The number of nitrogen functional groups attached to an aromatic ring is 1. The number of ketones is 1. The number of halogens is 1. The van der Waals surface area contributed by atoms with Gasteiger partial charge in [-0.05, 0) is 41.7 Å². The minimum Gasteiger partial charge on any atom is -0.385 e. The molecule has 0 aliphatic rings. The Morgan fingerprint density at radius 2 is 1.89 bits per heavy atom. The summed E-state index contributed by atoms with van der Waals surface area (Å²) in [4.78, 5) is 13.5. The average Bonchev–Trinajstić information content (AvgIpc) is 2.74. The topological polar surface area (TPSA) is 47.2 Å². The third kappa shape index (κ3) is 2.09. The molecule has 0 saturated carbocycles. The van der Waals surface area contributed by atoms with Crippen molar-refractivity contribution in [3.8, 4) is 0 Å². The van der Waals surface area contributed by atoms with Crippen molar-refractivity contribution < 1.29 is 9.20 Å². The van der Waals surface area contributed by atoms with Crippen molar-refractivity contribution in [1.29, 1.82) is 0 Å². The number of pyridine rings is 1. The van der Waals surface area contributed by atoms with E-state index in [0.717, 1.165) is 4.83 Å². The van der Waals surface area contributed by atoms with Crippen molar-refractivity contribution in [1.82, 2.24) is 0 Å². The molecular weight excluding hydrogens is 280 g/mol. The Balaban J connectivity index is 2.16. The van der Waals surface area contributed by atoms with Crippen molar-refractivity contribution >= 4 is 38.6 Å². The molecular formula is C14H10ClN2OS+. The van der Waals surface area contributed by atoms with E-state index in [1.165, 1.54) is 11.3 Å². The van der Waals surface area contributed by atoms with Crippen molar-refractivity contribution in [2.75, 3.05) is 5.73 Å². The molecule has 5 heteroatoms. The number of hydrogen-bond acceptors (Lipinski definition) is 3. The number of carbonyl (C=O) groups is 1. The van der Waals surface area contributed by atoms with Gasteiger partial charge in [-0.25, -0.2) is 0 Å². The molecule has 0 fully saturated rings. The largest absolute Gasteiger partial charge is 0.385 e. The number of benzene rings is 1. The van der Waals surface area contributed by atoms with E-state index >= 15 is 0 Å². The van der Waals surface area contributed by atoms with Crippen LogP contribution in [0.5, 0.6) is 0 Å². The molecule has 0 aliphatic carbocycles. The summed E-state index contributed by atoms with van der Waals surface area (Å²) in [7, 11) is 0. The summed E-state index contributed by atoms with van der Waals surface area (Å²) in [6.45, 7) is 0. The maximum Gasteiger partial charge on any atom is 0.293 e. The summed E-state index contributed by atoms with van der Waals surface area (Å²) in [5.41, 5.74) is 7.05. The Kier molecular flexibility index (Phi) is 2.97. The van der Waals surface area contributed by atoms with E-state index in [4.69, 9.17) is 17.3 Å². The number of aromatic nitrogens is 1. The Morgan fingerprint density at radius 3 is 2.63 bits per heavy atom. The first-order chi connectivity index (χ1) is 9.16. The number of hydrogen-bond donors (Lipinski definition) is 1. The van der Waals surface area contributed by atoms with Gasteiger partial charge in [0.25, 0.3) is 16.3 Å². The van der Waals surface area contributed by atoms with E-state index in [9.17, 15) is 4.79 Å². The van der Waals surface area contributed by atoms with Crippen LogP contribution in [0.2, 0.25) is 5.02 Å². The van der Waals surface area contributed by atoms with Gasteiger partial charge in [-0.2, -0.15) is 0 Å². The zero-order valence-corrected chi connectivity index (χ0v) is 11.4. The van der Waals surface area contributed by atoms with E-state index in [1.807, 2.05) is 28.8 Å². The molecule has 3 aromatic rings. The highest BCUT2D eigenvalue weighted by Gasteiger charge is 2.26. The molecule has 2 heterocycles. The Morgan fingerprint density at radius 1 is 1.16 bits per heavy atom. The molecule has 0 radical (unpaired) electrons. The minimum absolute atomic E-state index is 0.100. The standard InChI is InChI=1S/C14H9ClN2OS/c15-10-6-4-9(5-7-10)13(18)12-14(16)19-11-3-1-2-8-17(11)12/h1-8H,(H-,16,18)/p+1. The zero-order valence-electron chi connectivity index (χ0n) is 9.84. The molecule has 19 heavy (non-hydrogen) atoms. The lowest BCUT2D eigenvalue weighted by Crippen LogP contribution is -2.27. The first kappa shape index (κ1) is 12.1. The van der Waals surface area contributed by atoms with Crippen LogP contribution in [-0.4, -0.2) is 5.78 Å². The molecule has 0 aliphatic heterocycles. The van der Waals surface area contributed by atoms with Gasteiger partial charge in [0.2, 0.25) is 0 Å². The van der Waals surface area contributed by atoms with Gasteiger partial charge in [0.15, 0.2) is 11.2 Å². The van der Waals surface area contributed by atoms with Crippen LogP contribution in [0.4, 0.5) is 5.00 Å². The quantitative estimate of drug-likeness (QED) is 0.582. The second-order valence-electron chi connectivity index (χ2n) is 4.06. The number of nitrogens with two attached hydrogens (primary N) is 1. The zero-order chi connectivity index (χ0) is 13.4. The Labute approximate surface area is 118 Å². The molecule has 0 saturated heterocycles. The number of nitrogens with zero attached hydrogens (tertiary/aromatic N) is 1. The lowest BCUT2D eigenvalue weighted by atomic mass is 10.1. The van der Waals surface area contributed by atoms with Crippen LogP contribution < -0.4 is 10.1 Å². The number of carbonyl (C=O) groups excluding carboxylic acids is 1. The molecule has 3 rings (SSSR count). The fraction of sp³-hybridized carbons (Fsp3) is 0. The molecule has 1 aromatic carbocycles. The first-order valence-corrected chi connectivity index (χ1v) is 6.85. The summed E-state index contributed by atoms with van der Waals surface area (Å²) in [5, 5.41) is 1.12. The fourth-order valence-electron chi connectivity index (χ4n) is 1.93. The van der Waals surface area contributed by atoms with Crippen molar-refractivity contribution in [3.63, 3.8) is 0 Å². The van der Waals surface area contributed by atoms with Gasteiger partial charge >= 0.3 is 0 Å². The van der Waals surface area contributed by atoms with Crippen molar-refractivity contribution in [2.45, 2.75) is 0 Å². The third-order valence-electron chi connectivity index (χ3n) is 2.83. The van der Waals surface area contributed by atoms with Crippen LogP contribution in [-0.2, 0) is 0 Å². The average molecular weight is 290 g/mol. The van der Waals surface area contributed by atoms with Crippen LogP contribution in [0.1, 0.15) is 16.1 Å². The van der Waals surface area contributed by atoms with E-state index in [-0.39, 0.29) is 5.78 Å². The van der Waals surface area contributed by atoms with Gasteiger partial charge in [0, 0.05) is 22.7 Å². The second-order valence-corrected chi connectivity index (χ2v) is 5.56. The molecule has 0 unspecified atom stereocenters. The second kappa shape index (κ2) is 4.64. The normalized spacial score (nSPS) is 10.8. The molecule has 2 aromatic heterocycles. The number of anilines is 1. The molecule has 0 amide bonds. The van der Waals surface area contributed by atoms with Crippen LogP contribution >= 0.6 is 22.9 Å². The number of rotatable bonds is 2. The highest BCUT2D eigenvalue weighted by atomic mass is 35.5. The van der Waals surface area contributed by atoms with Gasteiger partial charge < -0.3 is 5.73 Å². The number of thiazole rings is 1. The lowest BCUT2D eigenvalue weighted by Gasteiger charge is -1.97. The first-order valence-electron chi connectivity index (χ1n) is 5.66. The molecule has 0 bridgehead atoms. The molecule has 0 spiro atoms. The fourth-order valence-corrected chi connectivity index (χ4v) is 2.97. The minimum atomic E-state index is -0.100. The monoisotopic (exact) mass is 289 g/mol. The highest BCUT2D eigenvalue weighted by molar-refractivity contribution is 7.20. The summed E-state index contributed by atoms with van der Waals surface area (Å²) >= 11 is 7.23. The van der Waals surface area contributed by atoms with E-state index in [1.54, 1.807) is 24.3 Å². The Hall–Kier alpha value is -1.91. The summed E-state index contributed by atoms with van der Waals surface area (Å²) in [5.74, 6) is -0.100. The van der Waals surface area contributed by atoms with E-state index in [0.29, 0.717) is 21.3 Å². The van der Waals surface area contributed by atoms with Gasteiger partial charge in [0.05, 0.1) is 0 Å². The lowest BCUT2D eigenvalue weighted by molar-refractivity contribution is -0.509. The predicted molar refractivity (Wildman–Crippen MR) is 76.8 cm³/mol. The molecule has 94 valence electrons. The maximum atomic E-state index is 12.5. The van der Waals surface area contributed by atoms with Gasteiger partial charge in [-0.3, -0.25) is 4.79 Å². The molecule has 0 atom stereocenters. The van der Waals surface area contributed by atoms with E-state index < -0.39 is 0 Å². The van der Waals surface area contributed by atoms with Crippen LogP contribution in [0, 0.1) is 0 Å². The predicted octanol–water partition coefficient (Wildman–Crippen LogP) is 2.95. The molecule has 2 N–H and O–H groups in total. The van der Waals surface area contributed by atoms with Gasteiger partial charge in [-0.15, -0.1) is 4.40 Å². The number of fused-ring (bicyclic) bond motifs is 1. The highest BCUT2D eigenvalue weighted by Crippen LogP contribution is 2.23. The van der Waals surface area contributed by atoms with Crippen molar-refractivity contribution in [2.24, 2.45) is 0 Å². The summed E-state index contributed by atoms with van der Waals surface area (Å²) in [6, 6.07) is 12.5. The van der Waals surface area contributed by atoms with Gasteiger partial charge in [-0.1, -0.05) is 11.6 Å². The molecule has 3 nitrogen and oxygen atoms in total. The van der Waals surface area contributed by atoms with E-state index in [2.05, 4.69) is 0 Å². The smallest absolute Gasteiger partial charge is 0.293 e.